The van der Waals surface area contributed by atoms with Crippen LogP contribution in [0.3, 0.4) is 0 Å². The van der Waals surface area contributed by atoms with Crippen LogP contribution in [0.15, 0.2) is 39.7 Å². The molecule has 0 saturated carbocycles. The quantitative estimate of drug-likeness (QED) is 0.308. The molecule has 140 valence electrons. The van der Waals surface area contributed by atoms with E-state index in [1.54, 1.807) is 13.0 Å². The molecule has 3 rings (SSSR count). The summed E-state index contributed by atoms with van der Waals surface area (Å²) in [5.74, 6) is 1.80. The second kappa shape index (κ2) is 8.93. The molecule has 0 radical (unpaired) electrons. The Bertz CT molecular complexity index is 803. The van der Waals surface area contributed by atoms with Crippen LogP contribution in [0, 0.1) is 6.92 Å². The van der Waals surface area contributed by atoms with Gasteiger partial charge in [0.15, 0.2) is 5.96 Å². The number of nitrogens with one attached hydrogen (secondary N) is 1. The van der Waals surface area contributed by atoms with Crippen LogP contribution in [-0.4, -0.2) is 25.6 Å². The second-order valence-corrected chi connectivity index (χ2v) is 5.75. The first kappa shape index (κ1) is 20.1. The van der Waals surface area contributed by atoms with E-state index in [1.165, 1.54) is 7.11 Å². The standard InChI is InChI=1S/C18H21N3O4.HI/c1-11-14(17(22)23-2)9-12(25-11)10-20-18(19)21-15-7-8-24-16-6-4-3-5-13(15)16;/h3-6,9,15H,7-8,10H2,1-2H3,(H3,19,20,21);1H. The number of esters is 1. The Labute approximate surface area is 169 Å². The molecule has 3 N–H and O–H groups in total. The molecule has 0 fully saturated rings. The Kier molecular flexibility index (Phi) is 6.90. The molecule has 0 spiro atoms. The number of furan rings is 1. The average Bonchev–Trinajstić information content (AvgIpc) is 3.00. The number of aryl methyl sites for hydroxylation is 1. The molecule has 1 aliphatic heterocycles. The SMILES string of the molecule is COC(=O)c1cc(CN=C(N)NC2CCOc3ccccc32)oc1C.I. The lowest BCUT2D eigenvalue weighted by molar-refractivity contribution is 0.0599. The number of carbonyl (C=O) groups excluding carboxylic acids is 1. The molecular formula is C18H22IN3O4. The van der Waals surface area contributed by atoms with E-state index in [4.69, 9.17) is 19.6 Å². The third kappa shape index (κ3) is 4.48. The first-order valence-corrected chi connectivity index (χ1v) is 8.04. The second-order valence-electron chi connectivity index (χ2n) is 5.75. The summed E-state index contributed by atoms with van der Waals surface area (Å²) in [6, 6.07) is 9.54. The summed E-state index contributed by atoms with van der Waals surface area (Å²) in [5, 5.41) is 3.22. The molecule has 1 aromatic carbocycles. The lowest BCUT2D eigenvalue weighted by Crippen LogP contribution is -2.37. The molecule has 0 saturated heterocycles. The van der Waals surface area contributed by atoms with Gasteiger partial charge in [-0.15, -0.1) is 24.0 Å². The lowest BCUT2D eigenvalue weighted by atomic mass is 10.0. The highest BCUT2D eigenvalue weighted by molar-refractivity contribution is 14.0. The molecule has 26 heavy (non-hydrogen) atoms. The van der Waals surface area contributed by atoms with E-state index in [0.29, 0.717) is 29.7 Å². The number of halogens is 1. The fourth-order valence-corrected chi connectivity index (χ4v) is 2.81. The van der Waals surface area contributed by atoms with E-state index < -0.39 is 5.97 Å². The number of hydrogen-bond acceptors (Lipinski definition) is 5. The van der Waals surface area contributed by atoms with E-state index in [1.807, 2.05) is 24.3 Å². The maximum Gasteiger partial charge on any atom is 0.341 e. The number of rotatable bonds is 4. The Hall–Kier alpha value is -2.23. The zero-order valence-corrected chi connectivity index (χ0v) is 17.0. The number of benzene rings is 1. The van der Waals surface area contributed by atoms with E-state index >= 15 is 0 Å². The van der Waals surface area contributed by atoms with Crippen molar-refractivity contribution in [3.05, 3.63) is 53.0 Å². The van der Waals surface area contributed by atoms with Crippen LogP contribution >= 0.6 is 24.0 Å². The van der Waals surface area contributed by atoms with Gasteiger partial charge in [0.2, 0.25) is 0 Å². The largest absolute Gasteiger partial charge is 0.493 e. The third-order valence-electron chi connectivity index (χ3n) is 4.06. The van der Waals surface area contributed by atoms with Crippen molar-refractivity contribution >= 4 is 35.9 Å². The Morgan fingerprint density at radius 3 is 2.96 bits per heavy atom. The van der Waals surface area contributed by atoms with E-state index in [9.17, 15) is 4.79 Å². The molecule has 8 heteroatoms. The van der Waals surface area contributed by atoms with Crippen LogP contribution in [0.4, 0.5) is 0 Å². The van der Waals surface area contributed by atoms with Gasteiger partial charge in [0.25, 0.3) is 0 Å². The molecule has 1 aromatic heterocycles. The minimum atomic E-state index is -0.429. The summed E-state index contributed by atoms with van der Waals surface area (Å²) in [5.41, 5.74) is 7.47. The number of methoxy groups -OCH3 is 1. The van der Waals surface area contributed by atoms with Gasteiger partial charge in [0.1, 0.15) is 29.4 Å². The van der Waals surface area contributed by atoms with Crippen LogP contribution in [0.2, 0.25) is 0 Å². The van der Waals surface area contributed by atoms with Crippen LogP contribution < -0.4 is 15.8 Å². The van der Waals surface area contributed by atoms with Gasteiger partial charge in [0.05, 0.1) is 19.8 Å². The summed E-state index contributed by atoms with van der Waals surface area (Å²) in [4.78, 5) is 15.9. The molecular weight excluding hydrogens is 449 g/mol. The van der Waals surface area contributed by atoms with Crippen LogP contribution in [0.1, 0.15) is 39.9 Å². The topological polar surface area (TPSA) is 99.1 Å². The highest BCUT2D eigenvalue weighted by atomic mass is 127. The first-order valence-electron chi connectivity index (χ1n) is 8.04. The van der Waals surface area contributed by atoms with Crippen molar-refractivity contribution in [1.29, 1.82) is 0 Å². The maximum absolute atomic E-state index is 11.6. The van der Waals surface area contributed by atoms with Crippen molar-refractivity contribution in [2.75, 3.05) is 13.7 Å². The Morgan fingerprint density at radius 1 is 1.42 bits per heavy atom. The van der Waals surface area contributed by atoms with Crippen molar-refractivity contribution in [1.82, 2.24) is 5.32 Å². The van der Waals surface area contributed by atoms with Crippen LogP contribution in [0.25, 0.3) is 0 Å². The molecule has 1 aliphatic rings. The van der Waals surface area contributed by atoms with Gasteiger partial charge in [-0.2, -0.15) is 0 Å². The van der Waals surface area contributed by atoms with E-state index in [0.717, 1.165) is 17.7 Å². The minimum absolute atomic E-state index is 0. The molecule has 2 heterocycles. The number of ether oxygens (including phenoxy) is 2. The Balaban J connectivity index is 0.00000243. The molecule has 0 aliphatic carbocycles. The average molecular weight is 471 g/mol. The molecule has 1 unspecified atom stereocenters. The monoisotopic (exact) mass is 471 g/mol. The fourth-order valence-electron chi connectivity index (χ4n) is 2.81. The highest BCUT2D eigenvalue weighted by Crippen LogP contribution is 2.31. The number of carbonyl (C=O) groups is 1. The zero-order chi connectivity index (χ0) is 17.8. The number of guanidine groups is 1. The van der Waals surface area contributed by atoms with Gasteiger partial charge in [0, 0.05) is 12.0 Å². The van der Waals surface area contributed by atoms with Gasteiger partial charge in [-0.1, -0.05) is 18.2 Å². The minimum Gasteiger partial charge on any atom is -0.493 e. The van der Waals surface area contributed by atoms with Gasteiger partial charge in [-0.05, 0) is 19.1 Å². The summed E-state index contributed by atoms with van der Waals surface area (Å²) in [6.07, 6.45) is 0.805. The number of nitrogens with zero attached hydrogens (tertiary/aromatic N) is 1. The van der Waals surface area contributed by atoms with Crippen LogP contribution in [-0.2, 0) is 11.3 Å². The summed E-state index contributed by atoms with van der Waals surface area (Å²) >= 11 is 0. The first-order chi connectivity index (χ1) is 12.1. The molecule has 0 amide bonds. The number of fused-ring (bicyclic) bond motifs is 1. The molecule has 0 bridgehead atoms. The van der Waals surface area contributed by atoms with Crippen molar-refractivity contribution in [3.63, 3.8) is 0 Å². The predicted molar refractivity (Wildman–Crippen MR) is 108 cm³/mol. The number of nitrogens with two attached hydrogens (primary N) is 1. The van der Waals surface area contributed by atoms with Gasteiger partial charge in [-0.3, -0.25) is 0 Å². The third-order valence-corrected chi connectivity index (χ3v) is 4.06. The molecule has 7 nitrogen and oxygen atoms in total. The smallest absolute Gasteiger partial charge is 0.341 e. The lowest BCUT2D eigenvalue weighted by Gasteiger charge is -2.26. The summed E-state index contributed by atoms with van der Waals surface area (Å²) in [6.45, 7) is 2.57. The van der Waals surface area contributed by atoms with Crippen molar-refractivity contribution in [2.24, 2.45) is 10.7 Å². The van der Waals surface area contributed by atoms with Gasteiger partial charge < -0.3 is 24.9 Å². The van der Waals surface area contributed by atoms with Crippen molar-refractivity contribution < 1.29 is 18.7 Å². The maximum atomic E-state index is 11.6. The zero-order valence-electron chi connectivity index (χ0n) is 14.7. The number of para-hydroxylation sites is 1. The normalized spacial score (nSPS) is 16.1. The molecule has 1 atom stereocenters. The number of hydrogen-bond donors (Lipinski definition) is 2. The van der Waals surface area contributed by atoms with Gasteiger partial charge >= 0.3 is 5.97 Å². The predicted octanol–water partition coefficient (Wildman–Crippen LogP) is 2.92. The van der Waals surface area contributed by atoms with Crippen molar-refractivity contribution in [2.45, 2.75) is 25.9 Å². The fraction of sp³-hybridized carbons (Fsp3) is 0.333. The van der Waals surface area contributed by atoms with Gasteiger partial charge in [-0.25, -0.2) is 9.79 Å². The van der Waals surface area contributed by atoms with E-state index in [2.05, 4.69) is 10.3 Å². The highest BCUT2D eigenvalue weighted by Gasteiger charge is 2.21. The van der Waals surface area contributed by atoms with E-state index in [-0.39, 0.29) is 36.6 Å². The van der Waals surface area contributed by atoms with Crippen LogP contribution in [0.5, 0.6) is 5.75 Å². The Morgan fingerprint density at radius 2 is 2.19 bits per heavy atom. The van der Waals surface area contributed by atoms with Crippen molar-refractivity contribution in [3.8, 4) is 5.75 Å². The summed E-state index contributed by atoms with van der Waals surface area (Å²) in [7, 11) is 1.33. The number of aliphatic imine (C=N–C) groups is 1. The molecule has 2 aromatic rings. The summed E-state index contributed by atoms with van der Waals surface area (Å²) < 4.78 is 15.9.